The zero-order valence-electron chi connectivity index (χ0n) is 9.98. The maximum absolute atomic E-state index is 4.38. The molecule has 0 fully saturated rings. The zero-order valence-corrected chi connectivity index (χ0v) is 12.4. The van der Waals surface area contributed by atoms with Gasteiger partial charge in [-0.3, -0.25) is 4.68 Å². The summed E-state index contributed by atoms with van der Waals surface area (Å²) >= 11 is 5.35. The highest BCUT2D eigenvalue weighted by Crippen LogP contribution is 2.32. The first-order valence-electron chi connectivity index (χ1n) is 5.69. The Bertz CT molecular complexity index is 478. The van der Waals surface area contributed by atoms with E-state index >= 15 is 0 Å². The van der Waals surface area contributed by atoms with E-state index in [0.29, 0.717) is 0 Å². The van der Waals surface area contributed by atoms with E-state index in [4.69, 9.17) is 0 Å². The van der Waals surface area contributed by atoms with Gasteiger partial charge in [0.25, 0.3) is 0 Å². The molecular formula is C12H16BrN3S. The van der Waals surface area contributed by atoms with Gasteiger partial charge in [-0.1, -0.05) is 6.92 Å². The van der Waals surface area contributed by atoms with Crippen molar-refractivity contribution in [2.45, 2.75) is 25.9 Å². The fraction of sp³-hybridized carbons (Fsp3) is 0.417. The molecule has 0 aromatic carbocycles. The van der Waals surface area contributed by atoms with Gasteiger partial charge >= 0.3 is 0 Å². The molecule has 2 rings (SSSR count). The molecule has 0 radical (unpaired) electrons. The Morgan fingerprint density at radius 1 is 1.53 bits per heavy atom. The SMILES string of the molecule is CCCn1nccc1C(NC)c1sccc1Br. The lowest BCUT2D eigenvalue weighted by molar-refractivity contribution is 0.537. The van der Waals surface area contributed by atoms with Gasteiger partial charge < -0.3 is 5.32 Å². The van der Waals surface area contributed by atoms with Gasteiger partial charge in [0, 0.05) is 22.1 Å². The average Bonchev–Trinajstić information content (AvgIpc) is 2.92. The van der Waals surface area contributed by atoms with Crippen LogP contribution in [0.1, 0.15) is 30.0 Å². The number of nitrogens with one attached hydrogen (secondary N) is 1. The minimum atomic E-state index is 0.207. The lowest BCUT2D eigenvalue weighted by Gasteiger charge is -2.17. The van der Waals surface area contributed by atoms with Crippen LogP contribution in [0.25, 0.3) is 0 Å². The molecule has 0 spiro atoms. The molecule has 92 valence electrons. The number of aromatic nitrogens is 2. The minimum absolute atomic E-state index is 0.207. The van der Waals surface area contributed by atoms with E-state index in [0.717, 1.165) is 17.4 Å². The molecule has 2 aromatic heterocycles. The summed E-state index contributed by atoms with van der Waals surface area (Å²) in [7, 11) is 1.99. The quantitative estimate of drug-likeness (QED) is 0.916. The van der Waals surface area contributed by atoms with Crippen LogP contribution in [-0.2, 0) is 6.54 Å². The molecule has 2 aromatic rings. The molecule has 1 atom stereocenters. The summed E-state index contributed by atoms with van der Waals surface area (Å²) in [6.45, 7) is 3.13. The van der Waals surface area contributed by atoms with Crippen LogP contribution >= 0.6 is 27.3 Å². The van der Waals surface area contributed by atoms with Crippen molar-refractivity contribution in [3.8, 4) is 0 Å². The van der Waals surface area contributed by atoms with Crippen molar-refractivity contribution in [2.24, 2.45) is 0 Å². The van der Waals surface area contributed by atoms with Gasteiger partial charge in [-0.25, -0.2) is 0 Å². The molecule has 1 N–H and O–H groups in total. The summed E-state index contributed by atoms with van der Waals surface area (Å²) in [5.74, 6) is 0. The van der Waals surface area contributed by atoms with Crippen LogP contribution in [0.2, 0.25) is 0 Å². The number of nitrogens with zero attached hydrogens (tertiary/aromatic N) is 2. The second-order valence-corrected chi connectivity index (χ2v) is 5.64. The number of rotatable bonds is 5. The Kier molecular flexibility index (Phi) is 4.36. The highest BCUT2D eigenvalue weighted by molar-refractivity contribution is 9.10. The maximum atomic E-state index is 4.38. The standard InChI is InChI=1S/C12H16BrN3S/c1-3-7-16-10(4-6-15-16)11(14-2)12-9(13)5-8-17-12/h4-6,8,11,14H,3,7H2,1-2H3. The normalized spacial score (nSPS) is 12.9. The van der Waals surface area contributed by atoms with Crippen LogP contribution in [0.5, 0.6) is 0 Å². The third-order valence-corrected chi connectivity index (χ3v) is 4.61. The molecule has 5 heteroatoms. The second kappa shape index (κ2) is 5.80. The van der Waals surface area contributed by atoms with Gasteiger partial charge in [0.05, 0.1) is 11.7 Å². The van der Waals surface area contributed by atoms with Crippen LogP contribution in [0.4, 0.5) is 0 Å². The third kappa shape index (κ3) is 2.61. The summed E-state index contributed by atoms with van der Waals surface area (Å²) in [4.78, 5) is 1.30. The van der Waals surface area contributed by atoms with Crippen molar-refractivity contribution < 1.29 is 0 Å². The Labute approximate surface area is 114 Å². The molecule has 0 amide bonds. The highest BCUT2D eigenvalue weighted by Gasteiger charge is 2.19. The van der Waals surface area contributed by atoms with Gasteiger partial charge in [0.15, 0.2) is 0 Å². The minimum Gasteiger partial charge on any atom is -0.307 e. The van der Waals surface area contributed by atoms with Crippen molar-refractivity contribution in [3.05, 3.63) is 38.8 Å². The van der Waals surface area contributed by atoms with Crippen molar-refractivity contribution >= 4 is 27.3 Å². The van der Waals surface area contributed by atoms with Crippen LogP contribution in [0.15, 0.2) is 28.2 Å². The van der Waals surface area contributed by atoms with E-state index in [1.54, 1.807) is 11.3 Å². The highest BCUT2D eigenvalue weighted by atomic mass is 79.9. The number of hydrogen-bond donors (Lipinski definition) is 1. The van der Waals surface area contributed by atoms with Crippen molar-refractivity contribution in [3.63, 3.8) is 0 Å². The number of halogens is 1. The van der Waals surface area contributed by atoms with E-state index in [9.17, 15) is 0 Å². The van der Waals surface area contributed by atoms with Crippen molar-refractivity contribution in [1.29, 1.82) is 0 Å². The summed E-state index contributed by atoms with van der Waals surface area (Å²) in [5.41, 5.74) is 1.22. The molecule has 1 unspecified atom stereocenters. The number of hydrogen-bond acceptors (Lipinski definition) is 3. The first-order valence-corrected chi connectivity index (χ1v) is 7.37. The van der Waals surface area contributed by atoms with Gasteiger partial charge in [-0.2, -0.15) is 5.10 Å². The average molecular weight is 314 g/mol. The topological polar surface area (TPSA) is 29.9 Å². The van der Waals surface area contributed by atoms with Gasteiger partial charge in [0.2, 0.25) is 0 Å². The molecule has 0 saturated heterocycles. The van der Waals surface area contributed by atoms with Crippen molar-refractivity contribution in [2.75, 3.05) is 7.05 Å². The fourth-order valence-electron chi connectivity index (χ4n) is 1.91. The predicted octanol–water partition coefficient (Wildman–Crippen LogP) is 3.43. The van der Waals surface area contributed by atoms with Crippen LogP contribution in [0.3, 0.4) is 0 Å². The molecule has 0 aliphatic rings. The molecule has 0 saturated carbocycles. The Morgan fingerprint density at radius 3 is 2.94 bits per heavy atom. The predicted molar refractivity (Wildman–Crippen MR) is 75.4 cm³/mol. The summed E-state index contributed by atoms with van der Waals surface area (Å²) in [5, 5.41) is 9.85. The van der Waals surface area contributed by atoms with Crippen LogP contribution in [-0.4, -0.2) is 16.8 Å². The first-order chi connectivity index (χ1) is 8.27. The van der Waals surface area contributed by atoms with E-state index in [2.05, 4.69) is 55.5 Å². The molecule has 0 aliphatic heterocycles. The molecule has 17 heavy (non-hydrogen) atoms. The van der Waals surface area contributed by atoms with Gasteiger partial charge in [-0.15, -0.1) is 11.3 Å². The van der Waals surface area contributed by atoms with E-state index in [1.165, 1.54) is 10.6 Å². The monoisotopic (exact) mass is 313 g/mol. The Balaban J connectivity index is 2.35. The van der Waals surface area contributed by atoms with E-state index < -0.39 is 0 Å². The fourth-order valence-corrected chi connectivity index (χ4v) is 3.63. The third-order valence-electron chi connectivity index (χ3n) is 2.68. The molecule has 0 aliphatic carbocycles. The lowest BCUT2D eigenvalue weighted by Crippen LogP contribution is -2.21. The van der Waals surface area contributed by atoms with Gasteiger partial charge in [-0.05, 0) is 46.9 Å². The van der Waals surface area contributed by atoms with Gasteiger partial charge in [0.1, 0.15) is 0 Å². The first kappa shape index (κ1) is 12.8. The number of aryl methyl sites for hydroxylation is 1. The smallest absolute Gasteiger partial charge is 0.0850 e. The molecule has 0 bridgehead atoms. The second-order valence-electron chi connectivity index (χ2n) is 3.83. The largest absolute Gasteiger partial charge is 0.307 e. The van der Waals surface area contributed by atoms with Crippen LogP contribution in [0, 0.1) is 0 Å². The zero-order chi connectivity index (χ0) is 12.3. The lowest BCUT2D eigenvalue weighted by atomic mass is 10.1. The van der Waals surface area contributed by atoms with Crippen LogP contribution < -0.4 is 5.32 Å². The summed E-state index contributed by atoms with van der Waals surface area (Å²) in [6, 6.07) is 4.38. The summed E-state index contributed by atoms with van der Waals surface area (Å²) < 4.78 is 3.24. The summed E-state index contributed by atoms with van der Waals surface area (Å²) in [6.07, 6.45) is 2.97. The number of thiophene rings is 1. The van der Waals surface area contributed by atoms with E-state index in [1.807, 2.05) is 13.2 Å². The molecular weight excluding hydrogens is 298 g/mol. The Hall–Kier alpha value is -0.650. The van der Waals surface area contributed by atoms with Crippen molar-refractivity contribution in [1.82, 2.24) is 15.1 Å². The van der Waals surface area contributed by atoms with E-state index in [-0.39, 0.29) is 6.04 Å². The molecule has 3 nitrogen and oxygen atoms in total. The molecule has 2 heterocycles. The maximum Gasteiger partial charge on any atom is 0.0850 e. The Morgan fingerprint density at radius 2 is 2.35 bits per heavy atom.